The van der Waals surface area contributed by atoms with E-state index < -0.39 is 5.60 Å². The van der Waals surface area contributed by atoms with Gasteiger partial charge in [-0.1, -0.05) is 0 Å². The third-order valence-corrected chi connectivity index (χ3v) is 4.70. The van der Waals surface area contributed by atoms with Crippen LogP contribution in [0, 0.1) is 5.41 Å². The van der Waals surface area contributed by atoms with E-state index in [2.05, 4.69) is 0 Å². The van der Waals surface area contributed by atoms with E-state index in [0.717, 1.165) is 30.8 Å². The van der Waals surface area contributed by atoms with Crippen molar-refractivity contribution in [3.8, 4) is 0 Å². The smallest absolute Gasteiger partial charge is 0.0764 e. The van der Waals surface area contributed by atoms with E-state index in [-0.39, 0.29) is 12.0 Å². The van der Waals surface area contributed by atoms with Gasteiger partial charge in [0.1, 0.15) is 0 Å². The minimum absolute atomic E-state index is 0.0498. The van der Waals surface area contributed by atoms with E-state index in [9.17, 15) is 10.2 Å². The van der Waals surface area contributed by atoms with Crippen LogP contribution in [0.5, 0.6) is 0 Å². The lowest BCUT2D eigenvalue weighted by atomic mass is 9.68. The fourth-order valence-electron chi connectivity index (χ4n) is 2.49. The molecule has 0 aromatic heterocycles. The van der Waals surface area contributed by atoms with Crippen molar-refractivity contribution in [3.63, 3.8) is 0 Å². The summed E-state index contributed by atoms with van der Waals surface area (Å²) in [7, 11) is 0. The van der Waals surface area contributed by atoms with E-state index in [1.54, 1.807) is 0 Å². The molecule has 0 bridgehead atoms. The lowest BCUT2D eigenvalue weighted by molar-refractivity contribution is -0.115. The molecule has 2 aliphatic rings. The van der Waals surface area contributed by atoms with Gasteiger partial charge < -0.3 is 14.9 Å². The van der Waals surface area contributed by atoms with Crippen LogP contribution in [0.1, 0.15) is 19.3 Å². The van der Waals surface area contributed by atoms with E-state index >= 15 is 0 Å². The second kappa shape index (κ2) is 4.00. The van der Waals surface area contributed by atoms with E-state index in [1.165, 1.54) is 0 Å². The number of aliphatic hydroxyl groups is 2. The third kappa shape index (κ3) is 1.58. The molecule has 1 unspecified atom stereocenters. The van der Waals surface area contributed by atoms with Crippen molar-refractivity contribution in [2.75, 3.05) is 31.3 Å². The highest BCUT2D eigenvalue weighted by Gasteiger charge is 2.52. The van der Waals surface area contributed by atoms with Gasteiger partial charge in [0.15, 0.2) is 0 Å². The number of thioether (sulfide) groups is 1. The third-order valence-electron chi connectivity index (χ3n) is 3.71. The molecule has 2 fully saturated rings. The fourth-order valence-corrected chi connectivity index (χ4v) is 3.65. The minimum atomic E-state index is -0.691. The van der Waals surface area contributed by atoms with Gasteiger partial charge in [-0.25, -0.2) is 0 Å². The first-order valence-corrected chi connectivity index (χ1v) is 6.37. The van der Waals surface area contributed by atoms with Crippen molar-refractivity contribution < 1.29 is 14.9 Å². The van der Waals surface area contributed by atoms with Crippen LogP contribution in [-0.2, 0) is 4.74 Å². The zero-order chi connectivity index (χ0) is 10.1. The topological polar surface area (TPSA) is 49.7 Å². The molecule has 0 amide bonds. The predicted octanol–water partition coefficient (Wildman–Crippen LogP) is 0.643. The molecule has 2 heterocycles. The number of rotatable bonds is 2. The molecule has 4 heteroatoms. The zero-order valence-corrected chi connectivity index (χ0v) is 9.18. The van der Waals surface area contributed by atoms with Crippen LogP contribution in [0.4, 0.5) is 0 Å². The highest BCUT2D eigenvalue weighted by Crippen LogP contribution is 2.46. The molecule has 0 radical (unpaired) electrons. The molecule has 14 heavy (non-hydrogen) atoms. The van der Waals surface area contributed by atoms with Crippen molar-refractivity contribution in [1.82, 2.24) is 0 Å². The zero-order valence-electron chi connectivity index (χ0n) is 8.37. The first-order valence-electron chi connectivity index (χ1n) is 5.21. The maximum absolute atomic E-state index is 10.6. The van der Waals surface area contributed by atoms with Crippen LogP contribution in [0.15, 0.2) is 0 Å². The summed E-state index contributed by atoms with van der Waals surface area (Å²) in [5, 5.41) is 20.1. The molecule has 0 spiro atoms. The average molecular weight is 218 g/mol. The molecule has 2 N–H and O–H groups in total. The van der Waals surface area contributed by atoms with Crippen molar-refractivity contribution in [1.29, 1.82) is 0 Å². The Kier molecular flexibility index (Phi) is 3.07. The average Bonchev–Trinajstić information content (AvgIpc) is 2.68. The molecular formula is C10H18O3S. The summed E-state index contributed by atoms with van der Waals surface area (Å²) in [5.74, 6) is 2.00. The van der Waals surface area contributed by atoms with Crippen LogP contribution in [0.3, 0.4) is 0 Å². The Morgan fingerprint density at radius 2 is 1.93 bits per heavy atom. The van der Waals surface area contributed by atoms with Crippen LogP contribution >= 0.6 is 11.8 Å². The number of aliphatic hydroxyl groups excluding tert-OH is 1. The Bertz CT molecular complexity index is 196. The molecule has 0 aromatic rings. The van der Waals surface area contributed by atoms with Gasteiger partial charge in [0.2, 0.25) is 0 Å². The standard InChI is InChI=1S/C10H18O3S/c11-7-9(1-4-13-8-9)10(12)2-5-14-6-3-10/h11-12H,1-8H2. The van der Waals surface area contributed by atoms with Gasteiger partial charge in [-0.2, -0.15) is 11.8 Å². The van der Waals surface area contributed by atoms with E-state index in [1.807, 2.05) is 11.8 Å². The lowest BCUT2D eigenvalue weighted by Crippen LogP contribution is -2.53. The molecule has 82 valence electrons. The Morgan fingerprint density at radius 3 is 2.43 bits per heavy atom. The summed E-state index contributed by atoms with van der Waals surface area (Å²) < 4.78 is 5.34. The summed E-state index contributed by atoms with van der Waals surface area (Å²) in [6, 6.07) is 0. The van der Waals surface area contributed by atoms with Gasteiger partial charge in [0.05, 0.1) is 18.8 Å². The molecule has 1 atom stereocenters. The molecule has 2 rings (SSSR count). The van der Waals surface area contributed by atoms with Crippen molar-refractivity contribution in [2.45, 2.75) is 24.9 Å². The highest BCUT2D eigenvalue weighted by atomic mass is 32.2. The van der Waals surface area contributed by atoms with Crippen LogP contribution in [-0.4, -0.2) is 47.1 Å². The second-order valence-electron chi connectivity index (χ2n) is 4.38. The SMILES string of the molecule is OCC1(C2(O)CCSCC2)CCOC1. The Hall–Kier alpha value is 0.230. The molecule has 0 aliphatic carbocycles. The molecule has 2 aliphatic heterocycles. The lowest BCUT2D eigenvalue weighted by Gasteiger charge is -2.45. The van der Waals surface area contributed by atoms with Gasteiger partial charge in [-0.05, 0) is 30.8 Å². The Morgan fingerprint density at radius 1 is 1.21 bits per heavy atom. The monoisotopic (exact) mass is 218 g/mol. The van der Waals surface area contributed by atoms with Gasteiger partial charge in [-0.15, -0.1) is 0 Å². The summed E-state index contributed by atoms with van der Waals surface area (Å²) in [4.78, 5) is 0. The fraction of sp³-hybridized carbons (Fsp3) is 1.00. The van der Waals surface area contributed by atoms with Crippen LogP contribution in [0.25, 0.3) is 0 Å². The van der Waals surface area contributed by atoms with Gasteiger partial charge >= 0.3 is 0 Å². The maximum atomic E-state index is 10.6. The van der Waals surface area contributed by atoms with Crippen molar-refractivity contribution in [2.24, 2.45) is 5.41 Å². The largest absolute Gasteiger partial charge is 0.396 e. The Balaban J connectivity index is 2.15. The first kappa shape index (κ1) is 10.7. The normalized spacial score (nSPS) is 37.3. The predicted molar refractivity (Wildman–Crippen MR) is 56.5 cm³/mol. The molecule has 3 nitrogen and oxygen atoms in total. The van der Waals surface area contributed by atoms with Crippen molar-refractivity contribution >= 4 is 11.8 Å². The van der Waals surface area contributed by atoms with Gasteiger partial charge in [0, 0.05) is 12.0 Å². The molecule has 2 saturated heterocycles. The minimum Gasteiger partial charge on any atom is -0.396 e. The summed E-state index contributed by atoms with van der Waals surface area (Å²) in [6.07, 6.45) is 2.38. The molecular weight excluding hydrogens is 200 g/mol. The quantitative estimate of drug-likeness (QED) is 0.714. The Labute approximate surface area is 88.8 Å². The van der Waals surface area contributed by atoms with Crippen molar-refractivity contribution in [3.05, 3.63) is 0 Å². The first-order chi connectivity index (χ1) is 6.72. The van der Waals surface area contributed by atoms with Crippen LogP contribution < -0.4 is 0 Å². The number of hydrogen-bond donors (Lipinski definition) is 2. The van der Waals surface area contributed by atoms with Crippen LogP contribution in [0.2, 0.25) is 0 Å². The summed E-state index contributed by atoms with van der Waals surface area (Å²) in [6.45, 7) is 1.24. The highest BCUT2D eigenvalue weighted by molar-refractivity contribution is 7.99. The molecule has 0 aromatic carbocycles. The summed E-state index contributed by atoms with van der Waals surface area (Å²) in [5.41, 5.74) is -1.07. The summed E-state index contributed by atoms with van der Waals surface area (Å²) >= 11 is 1.88. The number of hydrogen-bond acceptors (Lipinski definition) is 4. The van der Waals surface area contributed by atoms with E-state index in [4.69, 9.17) is 4.74 Å². The number of ether oxygens (including phenoxy) is 1. The second-order valence-corrected chi connectivity index (χ2v) is 5.61. The van der Waals surface area contributed by atoms with Gasteiger partial charge in [-0.3, -0.25) is 0 Å². The van der Waals surface area contributed by atoms with E-state index in [0.29, 0.717) is 13.2 Å². The molecule has 0 saturated carbocycles. The van der Waals surface area contributed by atoms with Gasteiger partial charge in [0.25, 0.3) is 0 Å². The maximum Gasteiger partial charge on any atom is 0.0764 e.